The number of carboxylic acid groups (broad SMARTS) is 1. The second-order valence-electron chi connectivity index (χ2n) is 5.20. The van der Waals surface area contributed by atoms with Gasteiger partial charge in [0.05, 0.1) is 6.61 Å². The van der Waals surface area contributed by atoms with E-state index >= 15 is 0 Å². The summed E-state index contributed by atoms with van der Waals surface area (Å²) < 4.78 is 5.69. The fraction of sp³-hybridized carbons (Fsp3) is 0.500. The number of aliphatic carboxylic acids is 1. The van der Waals surface area contributed by atoms with Crippen molar-refractivity contribution in [3.63, 3.8) is 0 Å². The van der Waals surface area contributed by atoms with Crippen molar-refractivity contribution in [2.45, 2.75) is 46.1 Å². The van der Waals surface area contributed by atoms with Gasteiger partial charge >= 0.3 is 5.97 Å². The summed E-state index contributed by atoms with van der Waals surface area (Å²) in [6.07, 6.45) is 1.74. The SMILES string of the molecule is Cc1ccc(C)c(OCCCCC(=O)NC(C)C(=O)O)c1. The Hall–Kier alpha value is -2.04. The summed E-state index contributed by atoms with van der Waals surface area (Å²) in [5.74, 6) is -0.391. The van der Waals surface area contributed by atoms with Gasteiger partial charge in [-0.05, 0) is 50.8 Å². The van der Waals surface area contributed by atoms with E-state index < -0.39 is 12.0 Å². The highest BCUT2D eigenvalue weighted by Crippen LogP contribution is 2.19. The molecule has 0 aliphatic heterocycles. The molecule has 0 saturated carbocycles. The molecule has 0 fully saturated rings. The number of benzene rings is 1. The molecule has 0 aliphatic carbocycles. The van der Waals surface area contributed by atoms with Crippen LogP contribution in [0, 0.1) is 13.8 Å². The molecule has 0 spiro atoms. The Morgan fingerprint density at radius 2 is 2.00 bits per heavy atom. The van der Waals surface area contributed by atoms with Gasteiger partial charge in [0.15, 0.2) is 0 Å². The molecule has 2 N–H and O–H groups in total. The number of nitrogens with one attached hydrogen (secondary N) is 1. The topological polar surface area (TPSA) is 75.6 Å². The van der Waals surface area contributed by atoms with Crippen LogP contribution in [0.15, 0.2) is 18.2 Å². The van der Waals surface area contributed by atoms with Gasteiger partial charge < -0.3 is 15.2 Å². The zero-order valence-electron chi connectivity index (χ0n) is 12.8. The Kier molecular flexibility index (Phi) is 6.72. The zero-order chi connectivity index (χ0) is 15.8. The van der Waals surface area contributed by atoms with E-state index in [0.717, 1.165) is 23.3 Å². The van der Waals surface area contributed by atoms with Crippen molar-refractivity contribution < 1.29 is 19.4 Å². The molecule has 1 aromatic rings. The normalized spacial score (nSPS) is 11.8. The monoisotopic (exact) mass is 293 g/mol. The summed E-state index contributed by atoms with van der Waals surface area (Å²) >= 11 is 0. The molecular weight excluding hydrogens is 270 g/mol. The van der Waals surface area contributed by atoms with E-state index in [4.69, 9.17) is 9.84 Å². The highest BCUT2D eigenvalue weighted by atomic mass is 16.5. The minimum atomic E-state index is -1.03. The highest BCUT2D eigenvalue weighted by molar-refractivity contribution is 5.83. The Labute approximate surface area is 125 Å². The van der Waals surface area contributed by atoms with Crippen molar-refractivity contribution in [1.29, 1.82) is 0 Å². The fourth-order valence-electron chi connectivity index (χ4n) is 1.81. The van der Waals surface area contributed by atoms with E-state index in [1.54, 1.807) is 0 Å². The lowest BCUT2D eigenvalue weighted by Gasteiger charge is -2.11. The number of carboxylic acids is 1. The summed E-state index contributed by atoms with van der Waals surface area (Å²) in [4.78, 5) is 22.1. The number of aryl methyl sites for hydroxylation is 2. The van der Waals surface area contributed by atoms with Gasteiger partial charge in [0.25, 0.3) is 0 Å². The summed E-state index contributed by atoms with van der Waals surface area (Å²) in [7, 11) is 0. The van der Waals surface area contributed by atoms with Crippen LogP contribution in [0.4, 0.5) is 0 Å². The molecule has 1 atom stereocenters. The molecule has 1 amide bonds. The third kappa shape index (κ3) is 6.29. The molecule has 0 bridgehead atoms. The van der Waals surface area contributed by atoms with E-state index in [0.29, 0.717) is 19.4 Å². The van der Waals surface area contributed by atoms with Gasteiger partial charge in [-0.2, -0.15) is 0 Å². The average Bonchev–Trinajstić information content (AvgIpc) is 2.42. The molecule has 1 unspecified atom stereocenters. The van der Waals surface area contributed by atoms with Crippen LogP contribution in [0.1, 0.15) is 37.3 Å². The van der Waals surface area contributed by atoms with Crippen LogP contribution < -0.4 is 10.1 Å². The largest absolute Gasteiger partial charge is 0.493 e. The predicted molar refractivity (Wildman–Crippen MR) is 80.5 cm³/mol. The van der Waals surface area contributed by atoms with E-state index in [2.05, 4.69) is 5.32 Å². The van der Waals surface area contributed by atoms with Crippen molar-refractivity contribution in [3.05, 3.63) is 29.3 Å². The maximum absolute atomic E-state index is 11.5. The molecule has 0 radical (unpaired) electrons. The number of hydrogen-bond acceptors (Lipinski definition) is 3. The van der Waals surface area contributed by atoms with Gasteiger partial charge in [0.1, 0.15) is 11.8 Å². The molecule has 1 aromatic carbocycles. The number of ether oxygens (including phenoxy) is 1. The maximum Gasteiger partial charge on any atom is 0.325 e. The number of amides is 1. The molecule has 0 heterocycles. The molecular formula is C16H23NO4. The molecule has 116 valence electrons. The third-order valence-electron chi connectivity index (χ3n) is 3.15. The van der Waals surface area contributed by atoms with Crippen molar-refractivity contribution in [3.8, 4) is 5.75 Å². The average molecular weight is 293 g/mol. The van der Waals surface area contributed by atoms with Crippen LogP contribution in [-0.2, 0) is 9.59 Å². The summed E-state index contributed by atoms with van der Waals surface area (Å²) in [6.45, 7) is 6.01. The number of carbonyl (C=O) groups excluding carboxylic acids is 1. The molecule has 21 heavy (non-hydrogen) atoms. The number of hydrogen-bond donors (Lipinski definition) is 2. The standard InChI is InChI=1S/C16H23NO4/c1-11-7-8-12(2)14(10-11)21-9-5-4-6-15(18)17-13(3)16(19)20/h7-8,10,13H,4-6,9H2,1-3H3,(H,17,18)(H,19,20). The Bertz CT molecular complexity index is 499. The fourth-order valence-corrected chi connectivity index (χ4v) is 1.81. The predicted octanol–water partition coefficient (Wildman–Crippen LogP) is 2.44. The van der Waals surface area contributed by atoms with Crippen molar-refractivity contribution in [2.75, 3.05) is 6.61 Å². The highest BCUT2D eigenvalue weighted by Gasteiger charge is 2.13. The lowest BCUT2D eigenvalue weighted by Crippen LogP contribution is -2.38. The summed E-state index contributed by atoms with van der Waals surface area (Å²) in [5.41, 5.74) is 2.24. The Morgan fingerprint density at radius 3 is 2.67 bits per heavy atom. The van der Waals surface area contributed by atoms with Gasteiger partial charge in [-0.15, -0.1) is 0 Å². The third-order valence-corrected chi connectivity index (χ3v) is 3.15. The molecule has 5 nitrogen and oxygen atoms in total. The number of unbranched alkanes of at least 4 members (excludes halogenated alkanes) is 1. The molecule has 1 rings (SSSR count). The van der Waals surface area contributed by atoms with Gasteiger partial charge in [-0.25, -0.2) is 0 Å². The van der Waals surface area contributed by atoms with Crippen LogP contribution in [0.2, 0.25) is 0 Å². The second-order valence-corrected chi connectivity index (χ2v) is 5.20. The van der Waals surface area contributed by atoms with Gasteiger partial charge in [0, 0.05) is 6.42 Å². The number of rotatable bonds is 8. The first-order valence-electron chi connectivity index (χ1n) is 7.12. The molecule has 0 aromatic heterocycles. The van der Waals surface area contributed by atoms with E-state index in [9.17, 15) is 9.59 Å². The lowest BCUT2D eigenvalue weighted by atomic mass is 10.1. The number of carbonyl (C=O) groups is 2. The van der Waals surface area contributed by atoms with Crippen molar-refractivity contribution >= 4 is 11.9 Å². The van der Waals surface area contributed by atoms with Gasteiger partial charge in [-0.3, -0.25) is 9.59 Å². The first-order valence-corrected chi connectivity index (χ1v) is 7.12. The van der Waals surface area contributed by atoms with Gasteiger partial charge in [0.2, 0.25) is 5.91 Å². The minimum Gasteiger partial charge on any atom is -0.493 e. The maximum atomic E-state index is 11.5. The quantitative estimate of drug-likeness (QED) is 0.722. The van der Waals surface area contributed by atoms with Crippen LogP contribution in [0.5, 0.6) is 5.75 Å². The van der Waals surface area contributed by atoms with Crippen molar-refractivity contribution in [1.82, 2.24) is 5.32 Å². The van der Waals surface area contributed by atoms with E-state index in [1.807, 2.05) is 32.0 Å². The van der Waals surface area contributed by atoms with Crippen LogP contribution in [-0.4, -0.2) is 29.6 Å². The summed E-state index contributed by atoms with van der Waals surface area (Å²) in [5, 5.41) is 11.1. The smallest absolute Gasteiger partial charge is 0.325 e. The van der Waals surface area contributed by atoms with Gasteiger partial charge in [-0.1, -0.05) is 12.1 Å². The molecule has 0 saturated heterocycles. The first-order chi connectivity index (χ1) is 9.90. The van der Waals surface area contributed by atoms with Crippen LogP contribution in [0.25, 0.3) is 0 Å². The minimum absolute atomic E-state index is 0.239. The van der Waals surface area contributed by atoms with E-state index in [1.165, 1.54) is 6.92 Å². The first kappa shape index (κ1) is 17.0. The lowest BCUT2D eigenvalue weighted by molar-refractivity contribution is -0.141. The van der Waals surface area contributed by atoms with E-state index in [-0.39, 0.29) is 5.91 Å². The summed E-state index contributed by atoms with van der Waals surface area (Å²) in [6, 6.07) is 5.21. The van der Waals surface area contributed by atoms with Crippen LogP contribution >= 0.6 is 0 Å². The Balaban J connectivity index is 2.21. The second kappa shape index (κ2) is 8.29. The van der Waals surface area contributed by atoms with Crippen LogP contribution in [0.3, 0.4) is 0 Å². The van der Waals surface area contributed by atoms with Crippen molar-refractivity contribution in [2.24, 2.45) is 0 Å². The zero-order valence-corrected chi connectivity index (χ0v) is 12.8. The Morgan fingerprint density at radius 1 is 1.29 bits per heavy atom. The molecule has 5 heteroatoms. The molecule has 0 aliphatic rings.